The van der Waals surface area contributed by atoms with E-state index in [1.165, 1.54) is 18.4 Å². The molecule has 0 aliphatic heterocycles. The molecule has 1 aromatic rings. The van der Waals surface area contributed by atoms with Crippen molar-refractivity contribution in [3.63, 3.8) is 0 Å². The zero-order valence-electron chi connectivity index (χ0n) is 15.2. The summed E-state index contributed by atoms with van der Waals surface area (Å²) < 4.78 is 42.5. The number of hydrogen-bond donors (Lipinski definition) is 0. The molecule has 4 atom stereocenters. The van der Waals surface area contributed by atoms with Crippen LogP contribution < -0.4 is 0 Å². The predicted octanol–water partition coefficient (Wildman–Crippen LogP) is 4.24. The highest BCUT2D eigenvalue weighted by molar-refractivity contribution is 8.03. The van der Waals surface area contributed by atoms with Crippen molar-refractivity contribution in [3.05, 3.63) is 29.8 Å². The van der Waals surface area contributed by atoms with Crippen molar-refractivity contribution in [1.82, 2.24) is 0 Å². The second-order valence-corrected chi connectivity index (χ2v) is 11.9. The average molecular weight is 372 g/mol. The third kappa shape index (κ3) is 4.39. The van der Waals surface area contributed by atoms with E-state index in [-0.39, 0.29) is 16.1 Å². The summed E-state index contributed by atoms with van der Waals surface area (Å²) in [6.45, 7) is 8.29. The van der Waals surface area contributed by atoms with Gasteiger partial charge in [-0.25, -0.2) is 4.21 Å². The van der Waals surface area contributed by atoms with Crippen molar-refractivity contribution in [2.45, 2.75) is 57.1 Å². The van der Waals surface area contributed by atoms with E-state index >= 15 is 0 Å². The van der Waals surface area contributed by atoms with Gasteiger partial charge in [0.15, 0.2) is 0 Å². The van der Waals surface area contributed by atoms with Gasteiger partial charge in [0.25, 0.3) is 10.0 Å². The lowest BCUT2D eigenvalue weighted by Crippen LogP contribution is -2.37. The van der Waals surface area contributed by atoms with Crippen LogP contribution in [0.2, 0.25) is 0 Å². The molecule has 1 fully saturated rings. The van der Waals surface area contributed by atoms with Crippen LogP contribution in [0, 0.1) is 24.7 Å². The van der Waals surface area contributed by atoms with Gasteiger partial charge in [-0.05, 0) is 49.7 Å². The predicted molar refractivity (Wildman–Crippen MR) is 100.0 cm³/mol. The number of benzene rings is 1. The van der Waals surface area contributed by atoms with Gasteiger partial charge in [0.05, 0.1) is 14.6 Å². The highest BCUT2D eigenvalue weighted by Crippen LogP contribution is 2.38. The van der Waals surface area contributed by atoms with Crippen molar-refractivity contribution >= 4 is 19.8 Å². The topological polar surface area (TPSA) is 63.6 Å². The van der Waals surface area contributed by atoms with Crippen LogP contribution in [0.25, 0.3) is 0 Å². The molecular formula is C18H29NO3S2. The molecule has 0 spiro atoms. The zero-order chi connectivity index (χ0) is 18.1. The molecule has 1 aliphatic carbocycles. The van der Waals surface area contributed by atoms with Crippen molar-refractivity contribution < 1.29 is 12.6 Å². The van der Waals surface area contributed by atoms with E-state index in [0.717, 1.165) is 24.8 Å². The van der Waals surface area contributed by atoms with Gasteiger partial charge in [0, 0.05) is 11.5 Å². The first-order valence-electron chi connectivity index (χ1n) is 8.57. The fourth-order valence-electron chi connectivity index (χ4n) is 3.62. The van der Waals surface area contributed by atoms with Gasteiger partial charge < -0.3 is 0 Å². The van der Waals surface area contributed by atoms with E-state index in [0.29, 0.717) is 11.8 Å². The summed E-state index contributed by atoms with van der Waals surface area (Å²) >= 11 is 0. The standard InChI is InChI=1S/C18H29NO3S2/c1-13(2)17-11-8-15(4)12-18(17)23(5,20)19-24(21,22)16-9-6-14(3)7-10-16/h6-7,9-10,13,15,17-18H,8,11-12H2,1-5H3/t15-,17+,18+,23?/m1/s1. The third-order valence-electron chi connectivity index (χ3n) is 5.09. The highest BCUT2D eigenvalue weighted by atomic mass is 32.3. The fraction of sp³-hybridized carbons (Fsp3) is 0.667. The summed E-state index contributed by atoms with van der Waals surface area (Å²) in [5, 5.41) is -0.165. The van der Waals surface area contributed by atoms with Crippen LogP contribution in [-0.2, 0) is 19.8 Å². The number of nitrogens with zero attached hydrogens (tertiary/aromatic N) is 1. The molecule has 1 saturated carbocycles. The Bertz CT molecular complexity index is 788. The molecular weight excluding hydrogens is 342 g/mol. The maximum absolute atomic E-state index is 13.3. The van der Waals surface area contributed by atoms with Gasteiger partial charge in [0.2, 0.25) is 0 Å². The Hall–Kier alpha value is -0.880. The van der Waals surface area contributed by atoms with Crippen LogP contribution in [0.4, 0.5) is 0 Å². The van der Waals surface area contributed by atoms with Crippen molar-refractivity contribution in [1.29, 1.82) is 0 Å². The maximum atomic E-state index is 13.3. The van der Waals surface area contributed by atoms with Crippen molar-refractivity contribution in [2.24, 2.45) is 21.5 Å². The lowest BCUT2D eigenvalue weighted by molar-refractivity contribution is 0.240. The van der Waals surface area contributed by atoms with Crippen LogP contribution in [0.5, 0.6) is 0 Å². The Balaban J connectivity index is 2.44. The van der Waals surface area contributed by atoms with Gasteiger partial charge in [-0.15, -0.1) is 3.77 Å². The molecule has 24 heavy (non-hydrogen) atoms. The monoisotopic (exact) mass is 371 g/mol. The minimum Gasteiger partial charge on any atom is -0.249 e. The average Bonchev–Trinajstić information content (AvgIpc) is 2.46. The molecule has 136 valence electrons. The van der Waals surface area contributed by atoms with Crippen molar-refractivity contribution in [2.75, 3.05) is 6.26 Å². The van der Waals surface area contributed by atoms with Crippen LogP contribution in [0.1, 0.15) is 45.6 Å². The first-order valence-corrected chi connectivity index (χ1v) is 12.0. The fourth-order valence-corrected chi connectivity index (χ4v) is 8.23. The van der Waals surface area contributed by atoms with E-state index in [9.17, 15) is 12.6 Å². The Morgan fingerprint density at radius 2 is 1.67 bits per heavy atom. The molecule has 4 nitrogen and oxygen atoms in total. The Labute approximate surface area is 147 Å². The largest absolute Gasteiger partial charge is 0.290 e. The van der Waals surface area contributed by atoms with Gasteiger partial charge in [-0.3, -0.25) is 0 Å². The SMILES string of the molecule is Cc1ccc(S(=O)(=O)N=S(C)(=O)[C@H]2C[C@H](C)CC[C@H]2C(C)C)cc1. The third-order valence-corrected chi connectivity index (χ3v) is 9.59. The molecule has 2 rings (SSSR count). The molecule has 0 bridgehead atoms. The highest BCUT2D eigenvalue weighted by Gasteiger charge is 2.37. The summed E-state index contributed by atoms with van der Waals surface area (Å²) in [7, 11) is -6.74. The summed E-state index contributed by atoms with van der Waals surface area (Å²) in [5.74, 6) is 1.10. The number of sulfonamides is 1. The van der Waals surface area contributed by atoms with Crippen LogP contribution >= 0.6 is 0 Å². The molecule has 0 saturated heterocycles. The summed E-state index contributed by atoms with van der Waals surface area (Å²) in [5.41, 5.74) is 0.979. The number of hydrogen-bond acceptors (Lipinski definition) is 3. The minimum atomic E-state index is -3.90. The quantitative estimate of drug-likeness (QED) is 0.795. The molecule has 0 amide bonds. The van der Waals surface area contributed by atoms with Gasteiger partial charge in [-0.1, -0.05) is 44.9 Å². The van der Waals surface area contributed by atoms with Gasteiger partial charge in [0.1, 0.15) is 0 Å². The molecule has 0 N–H and O–H groups in total. The number of aryl methyl sites for hydroxylation is 1. The lowest BCUT2D eigenvalue weighted by atomic mass is 9.77. The summed E-state index contributed by atoms with van der Waals surface area (Å²) in [4.78, 5) is 0.118. The van der Waals surface area contributed by atoms with E-state index in [1.54, 1.807) is 12.1 Å². The normalized spacial score (nSPS) is 27.7. The van der Waals surface area contributed by atoms with Gasteiger partial charge >= 0.3 is 0 Å². The molecule has 1 unspecified atom stereocenters. The van der Waals surface area contributed by atoms with E-state index in [1.807, 2.05) is 6.92 Å². The van der Waals surface area contributed by atoms with Crippen LogP contribution in [-0.4, -0.2) is 24.1 Å². The zero-order valence-corrected chi connectivity index (χ0v) is 16.9. The molecule has 0 aromatic heterocycles. The molecule has 0 heterocycles. The van der Waals surface area contributed by atoms with Crippen molar-refractivity contribution in [3.8, 4) is 0 Å². The summed E-state index contributed by atoms with van der Waals surface area (Å²) in [6, 6.07) is 6.54. The van der Waals surface area contributed by atoms with Crippen LogP contribution in [0.15, 0.2) is 32.9 Å². The van der Waals surface area contributed by atoms with Gasteiger partial charge in [-0.2, -0.15) is 8.42 Å². The second-order valence-electron chi connectivity index (χ2n) is 7.59. The summed E-state index contributed by atoms with van der Waals surface area (Å²) in [6.07, 6.45) is 4.41. The maximum Gasteiger partial charge on any atom is 0.290 e. The lowest BCUT2D eigenvalue weighted by Gasteiger charge is -2.37. The van der Waals surface area contributed by atoms with E-state index in [2.05, 4.69) is 24.5 Å². The first kappa shape index (κ1) is 19.4. The molecule has 0 radical (unpaired) electrons. The minimum absolute atomic E-state index is 0.118. The van der Waals surface area contributed by atoms with E-state index < -0.39 is 19.8 Å². The molecule has 1 aliphatic rings. The van der Waals surface area contributed by atoms with Crippen LogP contribution in [0.3, 0.4) is 0 Å². The smallest absolute Gasteiger partial charge is 0.249 e. The Morgan fingerprint density at radius 3 is 2.21 bits per heavy atom. The second kappa shape index (κ2) is 7.16. The Morgan fingerprint density at radius 1 is 1.08 bits per heavy atom. The first-order chi connectivity index (χ1) is 11.0. The van der Waals surface area contributed by atoms with E-state index in [4.69, 9.17) is 0 Å². The number of rotatable bonds is 4. The Kier molecular flexibility index (Phi) is 5.80. The molecule has 6 heteroatoms. The molecule has 1 aromatic carbocycles.